The van der Waals surface area contributed by atoms with E-state index >= 15 is 0 Å². The van der Waals surface area contributed by atoms with Gasteiger partial charge in [0.2, 0.25) is 5.91 Å². The van der Waals surface area contributed by atoms with Crippen molar-refractivity contribution >= 4 is 39.3 Å². The molecule has 0 aliphatic carbocycles. The second-order valence-corrected chi connectivity index (χ2v) is 7.79. The number of halogens is 1. The van der Waals surface area contributed by atoms with Crippen molar-refractivity contribution < 1.29 is 14.4 Å². The zero-order valence-corrected chi connectivity index (χ0v) is 17.1. The summed E-state index contributed by atoms with van der Waals surface area (Å²) in [5.74, 6) is -0.723. The third kappa shape index (κ3) is 3.95. The van der Waals surface area contributed by atoms with E-state index in [2.05, 4.69) is 21.2 Å². The highest BCUT2D eigenvalue weighted by atomic mass is 79.9. The van der Waals surface area contributed by atoms with Gasteiger partial charge in [-0.3, -0.25) is 19.3 Å². The minimum Gasteiger partial charge on any atom is -0.326 e. The maximum Gasteiger partial charge on any atom is 0.261 e. The number of carbonyl (C=O) groups excluding carboxylic acids is 3. The highest BCUT2D eigenvalue weighted by Crippen LogP contribution is 2.26. The number of anilines is 1. The van der Waals surface area contributed by atoms with Crippen LogP contribution in [0, 0.1) is 20.8 Å². The summed E-state index contributed by atoms with van der Waals surface area (Å²) in [5.41, 5.74) is 4.85. The zero-order valence-electron chi connectivity index (χ0n) is 15.6. The number of nitrogens with zero attached hydrogens (tertiary/aromatic N) is 1. The van der Waals surface area contributed by atoms with Gasteiger partial charge in [-0.1, -0.05) is 33.6 Å². The van der Waals surface area contributed by atoms with Crippen LogP contribution in [0.15, 0.2) is 34.8 Å². The van der Waals surface area contributed by atoms with E-state index in [1.165, 1.54) is 4.90 Å². The minimum absolute atomic E-state index is 0.121. The second-order valence-electron chi connectivity index (χ2n) is 6.88. The van der Waals surface area contributed by atoms with Gasteiger partial charge < -0.3 is 5.32 Å². The molecule has 0 bridgehead atoms. The lowest BCUT2D eigenvalue weighted by molar-refractivity contribution is -0.116. The number of hydrogen-bond acceptors (Lipinski definition) is 3. The molecule has 1 aliphatic heterocycles. The SMILES string of the molecule is Cc1cc(C)c(NC(=O)CCCN2C(=O)c3ccc(Br)cc3C2=O)c(C)c1. The van der Waals surface area contributed by atoms with Crippen molar-refractivity contribution in [2.75, 3.05) is 11.9 Å². The van der Waals surface area contributed by atoms with Crippen LogP contribution in [0.5, 0.6) is 0 Å². The Morgan fingerprint density at radius 2 is 1.63 bits per heavy atom. The molecule has 0 aromatic heterocycles. The number of nitrogens with one attached hydrogen (secondary N) is 1. The van der Waals surface area contributed by atoms with Crippen LogP contribution in [0.1, 0.15) is 50.2 Å². The van der Waals surface area contributed by atoms with Gasteiger partial charge in [-0.2, -0.15) is 0 Å². The molecule has 0 spiro atoms. The second kappa shape index (κ2) is 7.64. The van der Waals surface area contributed by atoms with E-state index in [1.807, 2.05) is 32.9 Å². The van der Waals surface area contributed by atoms with Crippen molar-refractivity contribution in [1.29, 1.82) is 0 Å². The molecule has 5 nitrogen and oxygen atoms in total. The molecule has 0 fully saturated rings. The Labute approximate surface area is 166 Å². The molecule has 1 aliphatic rings. The van der Waals surface area contributed by atoms with Crippen LogP contribution in [0.2, 0.25) is 0 Å². The first-order valence-electron chi connectivity index (χ1n) is 8.81. The van der Waals surface area contributed by atoms with Crippen molar-refractivity contribution in [2.45, 2.75) is 33.6 Å². The summed E-state index contributed by atoms with van der Waals surface area (Å²) in [6.07, 6.45) is 0.659. The summed E-state index contributed by atoms with van der Waals surface area (Å²) < 4.78 is 0.757. The van der Waals surface area contributed by atoms with Gasteiger partial charge in [-0.05, 0) is 56.5 Å². The van der Waals surface area contributed by atoms with E-state index in [9.17, 15) is 14.4 Å². The predicted octanol–water partition coefficient (Wildman–Crippen LogP) is 4.39. The topological polar surface area (TPSA) is 66.5 Å². The van der Waals surface area contributed by atoms with Gasteiger partial charge in [0.25, 0.3) is 11.8 Å². The largest absolute Gasteiger partial charge is 0.326 e. The molecule has 1 heterocycles. The van der Waals surface area contributed by atoms with Crippen LogP contribution in [0.25, 0.3) is 0 Å². The molecule has 0 radical (unpaired) electrons. The van der Waals surface area contributed by atoms with Crippen LogP contribution < -0.4 is 5.32 Å². The van der Waals surface area contributed by atoms with Crippen molar-refractivity contribution in [1.82, 2.24) is 4.90 Å². The molecule has 0 atom stereocenters. The Kier molecular flexibility index (Phi) is 5.46. The summed E-state index contributed by atoms with van der Waals surface area (Å²) in [5, 5.41) is 2.94. The molecule has 3 amide bonds. The molecule has 2 aromatic carbocycles. The Bertz CT molecular complexity index is 929. The van der Waals surface area contributed by atoms with Gasteiger partial charge in [0.1, 0.15) is 0 Å². The average molecular weight is 429 g/mol. The summed E-state index contributed by atoms with van der Waals surface area (Å²) in [6.45, 7) is 6.18. The Balaban J connectivity index is 1.58. The van der Waals surface area contributed by atoms with Gasteiger partial charge in [-0.15, -0.1) is 0 Å². The molecule has 6 heteroatoms. The summed E-state index contributed by atoms with van der Waals surface area (Å²) in [6, 6.07) is 9.10. The molecule has 140 valence electrons. The number of benzene rings is 2. The number of rotatable bonds is 5. The Morgan fingerprint density at radius 1 is 1.00 bits per heavy atom. The standard InChI is InChI=1S/C21H21BrN2O3/c1-12-9-13(2)19(14(3)10-12)23-18(25)5-4-8-24-20(26)16-7-6-15(22)11-17(16)21(24)27/h6-7,9-11H,4-5,8H2,1-3H3,(H,23,25). The van der Waals surface area contributed by atoms with E-state index in [4.69, 9.17) is 0 Å². The first-order valence-corrected chi connectivity index (χ1v) is 9.60. The van der Waals surface area contributed by atoms with Gasteiger partial charge in [0, 0.05) is 23.1 Å². The fraction of sp³-hybridized carbons (Fsp3) is 0.286. The number of fused-ring (bicyclic) bond motifs is 1. The maximum absolute atomic E-state index is 12.4. The fourth-order valence-corrected chi connectivity index (χ4v) is 3.80. The number of imide groups is 1. The highest BCUT2D eigenvalue weighted by Gasteiger charge is 2.35. The summed E-state index contributed by atoms with van der Waals surface area (Å²) >= 11 is 3.32. The summed E-state index contributed by atoms with van der Waals surface area (Å²) in [7, 11) is 0. The van der Waals surface area contributed by atoms with Crippen LogP contribution in [-0.4, -0.2) is 29.2 Å². The van der Waals surface area contributed by atoms with Crippen molar-refractivity contribution in [3.05, 3.63) is 62.6 Å². The van der Waals surface area contributed by atoms with E-state index < -0.39 is 0 Å². The molecule has 0 saturated carbocycles. The average Bonchev–Trinajstić information content (AvgIpc) is 2.82. The monoisotopic (exact) mass is 428 g/mol. The minimum atomic E-state index is -0.304. The van der Waals surface area contributed by atoms with Crippen LogP contribution in [0.3, 0.4) is 0 Å². The van der Waals surface area contributed by atoms with Gasteiger partial charge in [0.05, 0.1) is 11.1 Å². The molecule has 0 saturated heterocycles. The van der Waals surface area contributed by atoms with E-state index in [-0.39, 0.29) is 30.7 Å². The van der Waals surface area contributed by atoms with Crippen LogP contribution in [0.4, 0.5) is 5.69 Å². The van der Waals surface area contributed by atoms with Crippen molar-refractivity contribution in [3.63, 3.8) is 0 Å². The van der Waals surface area contributed by atoms with Crippen molar-refractivity contribution in [2.24, 2.45) is 0 Å². The van der Waals surface area contributed by atoms with Crippen molar-refractivity contribution in [3.8, 4) is 0 Å². The predicted molar refractivity (Wildman–Crippen MR) is 108 cm³/mol. The van der Waals surface area contributed by atoms with Gasteiger partial charge in [-0.25, -0.2) is 0 Å². The molecular formula is C21H21BrN2O3. The van der Waals surface area contributed by atoms with E-state index in [1.54, 1.807) is 18.2 Å². The highest BCUT2D eigenvalue weighted by molar-refractivity contribution is 9.10. The van der Waals surface area contributed by atoms with Gasteiger partial charge >= 0.3 is 0 Å². The fourth-order valence-electron chi connectivity index (χ4n) is 3.44. The maximum atomic E-state index is 12.4. The number of hydrogen-bond donors (Lipinski definition) is 1. The van der Waals surface area contributed by atoms with E-state index in [0.29, 0.717) is 17.5 Å². The smallest absolute Gasteiger partial charge is 0.261 e. The molecular weight excluding hydrogens is 408 g/mol. The quantitative estimate of drug-likeness (QED) is 0.717. The zero-order chi connectivity index (χ0) is 19.7. The molecule has 2 aromatic rings. The van der Waals surface area contributed by atoms with Crippen LogP contribution in [-0.2, 0) is 4.79 Å². The number of amides is 3. The third-order valence-electron chi connectivity index (χ3n) is 4.66. The van der Waals surface area contributed by atoms with Gasteiger partial charge in [0.15, 0.2) is 0 Å². The summed E-state index contributed by atoms with van der Waals surface area (Å²) in [4.78, 5) is 38.3. The molecule has 1 N–H and O–H groups in total. The number of carbonyl (C=O) groups is 3. The Hall–Kier alpha value is -2.47. The lowest BCUT2D eigenvalue weighted by Gasteiger charge is -2.15. The number of aryl methyl sites for hydroxylation is 3. The first-order chi connectivity index (χ1) is 12.8. The normalized spacial score (nSPS) is 13.1. The molecule has 3 rings (SSSR count). The lowest BCUT2D eigenvalue weighted by Crippen LogP contribution is -2.31. The first kappa shape index (κ1) is 19.3. The lowest BCUT2D eigenvalue weighted by atomic mass is 10.0. The Morgan fingerprint density at radius 3 is 2.30 bits per heavy atom. The third-order valence-corrected chi connectivity index (χ3v) is 5.15. The molecule has 0 unspecified atom stereocenters. The van der Waals surface area contributed by atoms with E-state index in [0.717, 1.165) is 26.9 Å². The van der Waals surface area contributed by atoms with Crippen LogP contribution >= 0.6 is 15.9 Å². The molecule has 27 heavy (non-hydrogen) atoms.